The zero-order valence-electron chi connectivity index (χ0n) is 10.3. The third-order valence-corrected chi connectivity index (χ3v) is 4.67. The minimum Gasteiger partial charge on any atom is -0.353 e. The minimum atomic E-state index is -0.363. The van der Waals surface area contributed by atoms with Crippen molar-refractivity contribution in [3.05, 3.63) is 0 Å². The van der Waals surface area contributed by atoms with Crippen LogP contribution < -0.4 is 11.1 Å². The van der Waals surface area contributed by atoms with Gasteiger partial charge in [0.2, 0.25) is 5.91 Å². The molecule has 0 saturated carbocycles. The molecule has 0 aromatic heterocycles. The smallest absolute Gasteiger partial charge is 0.236 e. The molecule has 0 saturated heterocycles. The summed E-state index contributed by atoms with van der Waals surface area (Å²) >= 11 is 1.82. The molecule has 0 unspecified atom stereocenters. The number of carbonyl (C=O) groups excluding carboxylic acids is 1. The average Bonchev–Trinajstić information content (AvgIpc) is 2.30. The normalized spacial score (nSPS) is 13.7. The molecular weight excluding hydrogens is 208 g/mol. The van der Waals surface area contributed by atoms with E-state index in [4.69, 9.17) is 5.73 Å². The second kappa shape index (κ2) is 7.12. The summed E-state index contributed by atoms with van der Waals surface area (Å²) in [6, 6.07) is -0.363. The summed E-state index contributed by atoms with van der Waals surface area (Å²) in [5.74, 6) is -0.0298. The number of thioether (sulfide) groups is 1. The van der Waals surface area contributed by atoms with E-state index in [0.717, 1.165) is 12.8 Å². The molecule has 0 aromatic carbocycles. The molecule has 90 valence electrons. The summed E-state index contributed by atoms with van der Waals surface area (Å²) in [5, 5.41) is 2.94. The molecule has 0 fully saturated rings. The van der Waals surface area contributed by atoms with E-state index in [0.29, 0.717) is 13.0 Å². The summed E-state index contributed by atoms with van der Waals surface area (Å²) < 4.78 is 0.170. The molecule has 15 heavy (non-hydrogen) atoms. The van der Waals surface area contributed by atoms with Crippen LogP contribution in [0.1, 0.15) is 40.0 Å². The van der Waals surface area contributed by atoms with E-state index in [-0.39, 0.29) is 16.7 Å². The molecule has 0 aromatic rings. The molecule has 4 heteroatoms. The lowest BCUT2D eigenvalue weighted by atomic mass is 10.0. The Bertz CT molecular complexity index is 185. The van der Waals surface area contributed by atoms with Gasteiger partial charge in [0.25, 0.3) is 0 Å². The van der Waals surface area contributed by atoms with Crippen molar-refractivity contribution >= 4 is 17.7 Å². The van der Waals surface area contributed by atoms with Crippen LogP contribution in [0.15, 0.2) is 0 Å². The highest BCUT2D eigenvalue weighted by Gasteiger charge is 2.26. The number of nitrogens with two attached hydrogens (primary N) is 1. The molecule has 0 heterocycles. The van der Waals surface area contributed by atoms with Crippen LogP contribution >= 0.6 is 11.8 Å². The molecule has 0 aliphatic rings. The first-order valence-electron chi connectivity index (χ1n) is 5.63. The van der Waals surface area contributed by atoms with E-state index < -0.39 is 0 Å². The summed E-state index contributed by atoms with van der Waals surface area (Å²) in [5.41, 5.74) is 5.65. The van der Waals surface area contributed by atoms with Gasteiger partial charge in [0.05, 0.1) is 6.04 Å². The van der Waals surface area contributed by atoms with Gasteiger partial charge in [0, 0.05) is 11.3 Å². The Kier molecular flexibility index (Phi) is 7.02. The summed E-state index contributed by atoms with van der Waals surface area (Å²) in [6.07, 6.45) is 4.91. The first kappa shape index (κ1) is 14.8. The van der Waals surface area contributed by atoms with Gasteiger partial charge in [-0.15, -0.1) is 0 Å². The van der Waals surface area contributed by atoms with Gasteiger partial charge in [-0.3, -0.25) is 4.79 Å². The zero-order chi connectivity index (χ0) is 11.9. The van der Waals surface area contributed by atoms with Gasteiger partial charge in [-0.2, -0.15) is 11.8 Å². The van der Waals surface area contributed by atoms with Crippen molar-refractivity contribution in [3.63, 3.8) is 0 Å². The van der Waals surface area contributed by atoms with Crippen LogP contribution in [-0.2, 0) is 4.79 Å². The molecule has 0 aliphatic heterocycles. The molecule has 0 aliphatic carbocycles. The molecule has 3 N–H and O–H groups in total. The Morgan fingerprint density at radius 2 is 1.93 bits per heavy atom. The number of rotatable bonds is 7. The molecular formula is C11H24N2OS. The van der Waals surface area contributed by atoms with Crippen LogP contribution in [0.4, 0.5) is 0 Å². The first-order chi connectivity index (χ1) is 7.05. The number of hydrogen-bond donors (Lipinski definition) is 2. The van der Waals surface area contributed by atoms with Crippen LogP contribution in [0.2, 0.25) is 0 Å². The third-order valence-electron chi connectivity index (χ3n) is 3.08. The highest BCUT2D eigenvalue weighted by molar-refractivity contribution is 8.00. The lowest BCUT2D eigenvalue weighted by Gasteiger charge is -2.30. The largest absolute Gasteiger partial charge is 0.353 e. The predicted octanol–water partition coefficient (Wildman–Crippen LogP) is 1.76. The number of carbonyl (C=O) groups is 1. The van der Waals surface area contributed by atoms with E-state index in [2.05, 4.69) is 25.4 Å². The Morgan fingerprint density at radius 3 is 2.27 bits per heavy atom. The van der Waals surface area contributed by atoms with Crippen molar-refractivity contribution in [2.24, 2.45) is 5.73 Å². The van der Waals surface area contributed by atoms with Crippen molar-refractivity contribution < 1.29 is 4.79 Å². The SMILES string of the molecule is CC[C@H](N)C(=O)NCC(CC)(CC)SC. The van der Waals surface area contributed by atoms with E-state index in [1.54, 1.807) is 0 Å². The Labute approximate surface area is 97.6 Å². The maximum atomic E-state index is 11.5. The van der Waals surface area contributed by atoms with Crippen molar-refractivity contribution in [1.82, 2.24) is 5.32 Å². The lowest BCUT2D eigenvalue weighted by Crippen LogP contribution is -2.46. The minimum absolute atomic E-state index is 0.0298. The Morgan fingerprint density at radius 1 is 1.40 bits per heavy atom. The van der Waals surface area contributed by atoms with Crippen molar-refractivity contribution in [1.29, 1.82) is 0 Å². The third kappa shape index (κ3) is 4.43. The maximum Gasteiger partial charge on any atom is 0.236 e. The second-order valence-corrected chi connectivity index (χ2v) is 5.10. The monoisotopic (exact) mass is 232 g/mol. The van der Waals surface area contributed by atoms with E-state index in [1.807, 2.05) is 18.7 Å². The molecule has 0 bridgehead atoms. The van der Waals surface area contributed by atoms with E-state index in [9.17, 15) is 4.79 Å². The number of hydrogen-bond acceptors (Lipinski definition) is 3. The van der Waals surface area contributed by atoms with Crippen LogP contribution in [0.3, 0.4) is 0 Å². The van der Waals surface area contributed by atoms with Gasteiger partial charge in [0.15, 0.2) is 0 Å². The average molecular weight is 232 g/mol. The van der Waals surface area contributed by atoms with Crippen LogP contribution in [0.25, 0.3) is 0 Å². The van der Waals surface area contributed by atoms with Crippen molar-refractivity contribution in [3.8, 4) is 0 Å². The molecule has 3 nitrogen and oxygen atoms in total. The van der Waals surface area contributed by atoms with Crippen LogP contribution in [0, 0.1) is 0 Å². The van der Waals surface area contributed by atoms with Crippen molar-refractivity contribution in [2.75, 3.05) is 12.8 Å². The Balaban J connectivity index is 4.16. The van der Waals surface area contributed by atoms with Gasteiger partial charge in [0.1, 0.15) is 0 Å². The lowest BCUT2D eigenvalue weighted by molar-refractivity contribution is -0.122. The molecule has 1 amide bonds. The van der Waals surface area contributed by atoms with Gasteiger partial charge in [-0.25, -0.2) is 0 Å². The second-order valence-electron chi connectivity index (χ2n) is 3.83. The molecule has 1 atom stereocenters. The fraction of sp³-hybridized carbons (Fsp3) is 0.909. The standard InChI is InChI=1S/C11H24N2OS/c1-5-9(12)10(14)13-8-11(6-2,7-3)15-4/h9H,5-8,12H2,1-4H3,(H,13,14)/t9-/m0/s1. The van der Waals surface area contributed by atoms with Gasteiger partial charge in [-0.05, 0) is 25.5 Å². The van der Waals surface area contributed by atoms with Crippen LogP contribution in [0.5, 0.6) is 0 Å². The van der Waals surface area contributed by atoms with Gasteiger partial charge in [-0.1, -0.05) is 20.8 Å². The van der Waals surface area contributed by atoms with Gasteiger partial charge < -0.3 is 11.1 Å². The van der Waals surface area contributed by atoms with Gasteiger partial charge >= 0.3 is 0 Å². The summed E-state index contributed by atoms with van der Waals surface area (Å²) in [6.45, 7) is 6.96. The highest BCUT2D eigenvalue weighted by Crippen LogP contribution is 2.29. The van der Waals surface area contributed by atoms with E-state index >= 15 is 0 Å². The zero-order valence-corrected chi connectivity index (χ0v) is 11.1. The number of amides is 1. The fourth-order valence-electron chi connectivity index (χ4n) is 1.43. The fourth-order valence-corrected chi connectivity index (χ4v) is 2.22. The summed E-state index contributed by atoms with van der Waals surface area (Å²) in [4.78, 5) is 11.5. The molecule has 0 radical (unpaired) electrons. The Hall–Kier alpha value is -0.220. The van der Waals surface area contributed by atoms with Crippen molar-refractivity contribution in [2.45, 2.75) is 50.8 Å². The predicted molar refractivity (Wildman–Crippen MR) is 68.1 cm³/mol. The maximum absolute atomic E-state index is 11.5. The quantitative estimate of drug-likeness (QED) is 0.703. The molecule has 0 rings (SSSR count). The molecule has 0 spiro atoms. The van der Waals surface area contributed by atoms with E-state index in [1.165, 1.54) is 0 Å². The topological polar surface area (TPSA) is 55.1 Å². The first-order valence-corrected chi connectivity index (χ1v) is 6.86. The highest BCUT2D eigenvalue weighted by atomic mass is 32.2. The summed E-state index contributed by atoms with van der Waals surface area (Å²) in [7, 11) is 0. The van der Waals surface area contributed by atoms with Crippen LogP contribution in [-0.4, -0.2) is 29.5 Å². The number of nitrogens with one attached hydrogen (secondary N) is 1.